The molecule has 1 rings (SSSR count). The third-order valence-electron chi connectivity index (χ3n) is 2.45. The molecule has 100 valence electrons. The van der Waals surface area contributed by atoms with E-state index in [9.17, 15) is 9.59 Å². The standard InChI is InChI=1S/C12H14N4O3/c1-3-4-5-6-9(2)10-8-19-12(18)16(10)11(17)7-14-15-13/h3-6,10H,2,7-8H2,1H3/b4-3-,6-5-/t10-/m1/s1. The minimum absolute atomic E-state index is 0.0554. The summed E-state index contributed by atoms with van der Waals surface area (Å²) in [5, 5.41) is 3.14. The van der Waals surface area contributed by atoms with Gasteiger partial charge in [-0.25, -0.2) is 9.69 Å². The molecule has 1 fully saturated rings. The fourth-order valence-electron chi connectivity index (χ4n) is 1.54. The highest BCUT2D eigenvalue weighted by Gasteiger charge is 2.38. The molecule has 0 spiro atoms. The minimum Gasteiger partial charge on any atom is -0.446 e. The van der Waals surface area contributed by atoms with E-state index in [1.165, 1.54) is 0 Å². The van der Waals surface area contributed by atoms with Gasteiger partial charge in [0.25, 0.3) is 0 Å². The Balaban J connectivity index is 2.81. The van der Waals surface area contributed by atoms with E-state index in [1.807, 2.05) is 13.0 Å². The van der Waals surface area contributed by atoms with Crippen molar-refractivity contribution in [3.05, 3.63) is 46.9 Å². The average Bonchev–Trinajstić information content (AvgIpc) is 2.78. The molecule has 0 N–H and O–H groups in total. The van der Waals surface area contributed by atoms with Crippen LogP contribution in [0.15, 0.2) is 41.6 Å². The van der Waals surface area contributed by atoms with Gasteiger partial charge in [0, 0.05) is 4.91 Å². The number of azide groups is 1. The van der Waals surface area contributed by atoms with Crippen molar-refractivity contribution in [2.75, 3.05) is 13.2 Å². The molecule has 0 bridgehead atoms. The monoisotopic (exact) mass is 262 g/mol. The molecule has 1 heterocycles. The number of carbonyl (C=O) groups excluding carboxylic acids is 2. The van der Waals surface area contributed by atoms with Gasteiger partial charge in [-0.2, -0.15) is 0 Å². The molecule has 1 aliphatic rings. The third kappa shape index (κ3) is 3.72. The molecule has 0 radical (unpaired) electrons. The summed E-state index contributed by atoms with van der Waals surface area (Å²) in [4.78, 5) is 26.6. The van der Waals surface area contributed by atoms with Crippen LogP contribution in [0.2, 0.25) is 0 Å². The number of carbonyl (C=O) groups is 2. The van der Waals surface area contributed by atoms with Crippen LogP contribution in [0.3, 0.4) is 0 Å². The molecule has 1 aliphatic heterocycles. The summed E-state index contributed by atoms with van der Waals surface area (Å²) in [6, 6.07) is -0.560. The van der Waals surface area contributed by atoms with Gasteiger partial charge in [0.05, 0.1) is 0 Å². The molecular formula is C12H14N4O3. The van der Waals surface area contributed by atoms with Crippen molar-refractivity contribution >= 4 is 12.0 Å². The number of ether oxygens (including phenoxy) is 1. The van der Waals surface area contributed by atoms with E-state index in [2.05, 4.69) is 16.6 Å². The molecule has 0 aromatic heterocycles. The first kappa shape index (κ1) is 14.5. The number of hydrogen-bond acceptors (Lipinski definition) is 4. The van der Waals surface area contributed by atoms with Gasteiger partial charge in [-0.15, -0.1) is 0 Å². The van der Waals surface area contributed by atoms with Gasteiger partial charge in [-0.1, -0.05) is 36.0 Å². The summed E-state index contributed by atoms with van der Waals surface area (Å²) in [6.07, 6.45) is 6.34. The lowest BCUT2D eigenvalue weighted by Crippen LogP contribution is -2.40. The highest BCUT2D eigenvalue weighted by molar-refractivity contribution is 5.95. The molecule has 7 nitrogen and oxygen atoms in total. The smallest absolute Gasteiger partial charge is 0.417 e. The minimum atomic E-state index is -0.747. The molecular weight excluding hydrogens is 248 g/mol. The Hall–Kier alpha value is -2.53. The van der Waals surface area contributed by atoms with Crippen LogP contribution in [-0.2, 0) is 9.53 Å². The van der Waals surface area contributed by atoms with Gasteiger partial charge in [-0.05, 0) is 18.0 Å². The van der Waals surface area contributed by atoms with Crippen LogP contribution in [0.5, 0.6) is 0 Å². The van der Waals surface area contributed by atoms with E-state index in [4.69, 9.17) is 10.3 Å². The Labute approximate surface area is 110 Å². The molecule has 7 heteroatoms. The van der Waals surface area contributed by atoms with Crippen molar-refractivity contribution in [3.8, 4) is 0 Å². The Morgan fingerprint density at radius 2 is 2.42 bits per heavy atom. The van der Waals surface area contributed by atoms with E-state index in [0.29, 0.717) is 5.57 Å². The second-order valence-corrected chi connectivity index (χ2v) is 3.71. The van der Waals surface area contributed by atoms with Crippen molar-refractivity contribution in [2.24, 2.45) is 5.11 Å². The van der Waals surface area contributed by atoms with Gasteiger partial charge in [0.2, 0.25) is 5.91 Å². The maximum atomic E-state index is 11.7. The highest BCUT2D eigenvalue weighted by Crippen LogP contribution is 2.19. The van der Waals surface area contributed by atoms with Crippen LogP contribution >= 0.6 is 0 Å². The molecule has 0 unspecified atom stereocenters. The van der Waals surface area contributed by atoms with E-state index < -0.39 is 24.6 Å². The molecule has 0 saturated carbocycles. The number of allylic oxidation sites excluding steroid dienone is 3. The van der Waals surface area contributed by atoms with Crippen molar-refractivity contribution in [1.29, 1.82) is 0 Å². The van der Waals surface area contributed by atoms with Gasteiger partial charge in [-0.3, -0.25) is 4.79 Å². The summed E-state index contributed by atoms with van der Waals surface area (Å²) in [5.74, 6) is -0.606. The van der Waals surface area contributed by atoms with Crippen molar-refractivity contribution < 1.29 is 14.3 Å². The normalized spacial score (nSPS) is 18.7. The third-order valence-corrected chi connectivity index (χ3v) is 2.45. The quantitative estimate of drug-likeness (QED) is 0.329. The first-order valence-corrected chi connectivity index (χ1v) is 5.59. The number of amides is 2. The summed E-state index contributed by atoms with van der Waals surface area (Å²) in [6.45, 7) is 5.30. The maximum absolute atomic E-state index is 11.7. The number of nitrogens with zero attached hydrogens (tertiary/aromatic N) is 4. The zero-order chi connectivity index (χ0) is 14.3. The largest absolute Gasteiger partial charge is 0.446 e. The number of imide groups is 1. The lowest BCUT2D eigenvalue weighted by molar-refractivity contribution is -0.127. The Kier molecular flexibility index (Phi) is 5.37. The Morgan fingerprint density at radius 3 is 3.05 bits per heavy atom. The topological polar surface area (TPSA) is 95.4 Å². The first-order valence-electron chi connectivity index (χ1n) is 5.59. The lowest BCUT2D eigenvalue weighted by atomic mass is 10.1. The molecule has 0 aromatic carbocycles. The maximum Gasteiger partial charge on any atom is 0.417 e. The van der Waals surface area contributed by atoms with E-state index >= 15 is 0 Å². The van der Waals surface area contributed by atoms with Crippen LogP contribution < -0.4 is 0 Å². The van der Waals surface area contributed by atoms with Crippen LogP contribution in [0.4, 0.5) is 4.79 Å². The van der Waals surface area contributed by atoms with Crippen LogP contribution in [0, 0.1) is 0 Å². The van der Waals surface area contributed by atoms with Crippen LogP contribution in [0.25, 0.3) is 10.4 Å². The summed E-state index contributed by atoms with van der Waals surface area (Å²) >= 11 is 0. The fraction of sp³-hybridized carbons (Fsp3) is 0.333. The SMILES string of the molecule is C=C(/C=C\C=C/C)[C@H]1COC(=O)N1C(=O)CN=[N+]=[N-]. The second kappa shape index (κ2) is 7.03. The summed E-state index contributed by atoms with van der Waals surface area (Å²) in [5.41, 5.74) is 8.75. The Morgan fingerprint density at radius 1 is 1.68 bits per heavy atom. The predicted octanol–water partition coefficient (Wildman–Crippen LogP) is 2.33. The van der Waals surface area contributed by atoms with Crippen molar-refractivity contribution in [2.45, 2.75) is 13.0 Å². The highest BCUT2D eigenvalue weighted by atomic mass is 16.6. The summed E-state index contributed by atoms with van der Waals surface area (Å²) in [7, 11) is 0. The van der Waals surface area contributed by atoms with Gasteiger partial charge < -0.3 is 4.74 Å². The van der Waals surface area contributed by atoms with Crippen molar-refractivity contribution in [3.63, 3.8) is 0 Å². The van der Waals surface area contributed by atoms with E-state index in [1.54, 1.807) is 18.2 Å². The summed E-state index contributed by atoms with van der Waals surface area (Å²) < 4.78 is 4.83. The Bertz CT molecular complexity index is 489. The van der Waals surface area contributed by atoms with Crippen LogP contribution in [0.1, 0.15) is 6.92 Å². The van der Waals surface area contributed by atoms with Crippen molar-refractivity contribution in [1.82, 2.24) is 4.90 Å². The average molecular weight is 262 g/mol. The zero-order valence-electron chi connectivity index (χ0n) is 10.5. The number of rotatable bonds is 5. The lowest BCUT2D eigenvalue weighted by Gasteiger charge is -2.18. The predicted molar refractivity (Wildman–Crippen MR) is 69.1 cm³/mol. The molecule has 2 amide bonds. The molecule has 0 aromatic rings. The molecule has 0 aliphatic carbocycles. The first-order chi connectivity index (χ1) is 9.11. The van der Waals surface area contributed by atoms with E-state index in [-0.39, 0.29) is 6.61 Å². The molecule has 1 atom stereocenters. The van der Waals surface area contributed by atoms with Gasteiger partial charge in [0.15, 0.2) is 0 Å². The van der Waals surface area contributed by atoms with Crippen LogP contribution in [-0.4, -0.2) is 36.1 Å². The number of hydrogen-bond donors (Lipinski definition) is 0. The molecule has 1 saturated heterocycles. The van der Waals surface area contributed by atoms with E-state index in [0.717, 1.165) is 4.90 Å². The second-order valence-electron chi connectivity index (χ2n) is 3.71. The van der Waals surface area contributed by atoms with Gasteiger partial charge >= 0.3 is 6.09 Å². The number of cyclic esters (lactones) is 1. The molecule has 19 heavy (non-hydrogen) atoms. The fourth-order valence-corrected chi connectivity index (χ4v) is 1.54. The zero-order valence-corrected chi connectivity index (χ0v) is 10.5. The van der Waals surface area contributed by atoms with Gasteiger partial charge in [0.1, 0.15) is 19.2 Å².